The standard InChI is InChI=1S/C23H34N4O/c1-4-19(3)26(20-11-7-5-8-12-20)16-15-24-23(28)22-17-18(2)25-27(22)21-13-9-6-10-14-21/h6,9-10,13-14,17,19-20H,4-5,7-8,11-12,15-16H2,1-3H3,(H,24,28). The highest BCUT2D eigenvalue weighted by Crippen LogP contribution is 2.24. The van der Waals surface area contributed by atoms with Crippen LogP contribution in [-0.2, 0) is 0 Å². The van der Waals surface area contributed by atoms with E-state index < -0.39 is 0 Å². The summed E-state index contributed by atoms with van der Waals surface area (Å²) in [5.41, 5.74) is 2.35. The van der Waals surface area contributed by atoms with Crippen LogP contribution in [0.4, 0.5) is 0 Å². The second-order valence-corrected chi connectivity index (χ2v) is 7.96. The predicted octanol–water partition coefficient (Wildman–Crippen LogP) is 4.34. The van der Waals surface area contributed by atoms with Crippen LogP contribution in [-0.4, -0.2) is 45.8 Å². The first-order valence-electron chi connectivity index (χ1n) is 10.8. The minimum absolute atomic E-state index is 0.0581. The van der Waals surface area contributed by atoms with E-state index in [0.717, 1.165) is 24.3 Å². The Labute approximate surface area is 169 Å². The highest BCUT2D eigenvalue weighted by Gasteiger charge is 2.24. The fourth-order valence-corrected chi connectivity index (χ4v) is 4.23. The first-order valence-corrected chi connectivity index (χ1v) is 10.8. The first kappa shape index (κ1) is 20.6. The number of carbonyl (C=O) groups is 1. The van der Waals surface area contributed by atoms with Crippen molar-refractivity contribution in [1.29, 1.82) is 0 Å². The molecule has 1 saturated carbocycles. The Morgan fingerprint density at radius 3 is 2.64 bits per heavy atom. The molecule has 1 atom stereocenters. The van der Waals surface area contributed by atoms with Gasteiger partial charge in [-0.2, -0.15) is 5.10 Å². The minimum Gasteiger partial charge on any atom is -0.349 e. The molecule has 1 aliphatic rings. The molecule has 0 bridgehead atoms. The molecule has 1 amide bonds. The molecule has 1 aromatic heterocycles. The number of nitrogens with one attached hydrogen (secondary N) is 1. The van der Waals surface area contributed by atoms with E-state index in [1.54, 1.807) is 4.68 Å². The summed E-state index contributed by atoms with van der Waals surface area (Å²) in [6.07, 6.45) is 7.75. The van der Waals surface area contributed by atoms with Gasteiger partial charge in [-0.3, -0.25) is 9.69 Å². The van der Waals surface area contributed by atoms with Gasteiger partial charge in [0.2, 0.25) is 0 Å². The average molecular weight is 383 g/mol. The van der Waals surface area contributed by atoms with Gasteiger partial charge in [0.15, 0.2) is 0 Å². The van der Waals surface area contributed by atoms with E-state index in [1.807, 2.05) is 43.3 Å². The number of carbonyl (C=O) groups excluding carboxylic acids is 1. The molecule has 0 saturated heterocycles. The van der Waals surface area contributed by atoms with Crippen LogP contribution in [0.1, 0.15) is 68.6 Å². The monoisotopic (exact) mass is 382 g/mol. The molecule has 0 radical (unpaired) electrons. The molecule has 1 N–H and O–H groups in total. The fraction of sp³-hybridized carbons (Fsp3) is 0.565. The lowest BCUT2D eigenvalue weighted by molar-refractivity contribution is 0.0896. The number of hydrogen-bond acceptors (Lipinski definition) is 3. The van der Waals surface area contributed by atoms with Crippen LogP contribution in [0.5, 0.6) is 0 Å². The maximum absolute atomic E-state index is 12.9. The van der Waals surface area contributed by atoms with E-state index in [0.29, 0.717) is 24.3 Å². The third kappa shape index (κ3) is 5.02. The molecule has 0 spiro atoms. The largest absolute Gasteiger partial charge is 0.349 e. The molecule has 152 valence electrons. The minimum atomic E-state index is -0.0581. The molecule has 2 aromatic rings. The van der Waals surface area contributed by atoms with Gasteiger partial charge in [-0.05, 0) is 51.3 Å². The zero-order chi connectivity index (χ0) is 19.9. The van der Waals surface area contributed by atoms with Crippen molar-refractivity contribution < 1.29 is 4.79 Å². The van der Waals surface area contributed by atoms with Crippen molar-refractivity contribution in [3.05, 3.63) is 47.8 Å². The number of amides is 1. The van der Waals surface area contributed by atoms with Crippen molar-refractivity contribution in [3.8, 4) is 5.69 Å². The average Bonchev–Trinajstić information content (AvgIpc) is 3.13. The van der Waals surface area contributed by atoms with Gasteiger partial charge in [-0.25, -0.2) is 4.68 Å². The van der Waals surface area contributed by atoms with Crippen LogP contribution in [0.25, 0.3) is 5.69 Å². The van der Waals surface area contributed by atoms with Crippen LogP contribution >= 0.6 is 0 Å². The SMILES string of the molecule is CCC(C)N(CCNC(=O)c1cc(C)nn1-c1ccccc1)C1CCCCC1. The summed E-state index contributed by atoms with van der Waals surface area (Å²) in [5.74, 6) is -0.0581. The topological polar surface area (TPSA) is 50.2 Å². The van der Waals surface area contributed by atoms with E-state index >= 15 is 0 Å². The Kier molecular flexibility index (Phi) is 7.26. The second kappa shape index (κ2) is 9.87. The summed E-state index contributed by atoms with van der Waals surface area (Å²) >= 11 is 0. The van der Waals surface area contributed by atoms with Crippen molar-refractivity contribution in [2.45, 2.75) is 71.4 Å². The van der Waals surface area contributed by atoms with Gasteiger partial charge in [0, 0.05) is 25.2 Å². The molecule has 1 fully saturated rings. The lowest BCUT2D eigenvalue weighted by Gasteiger charge is -2.38. The maximum Gasteiger partial charge on any atom is 0.270 e. The van der Waals surface area contributed by atoms with Crippen LogP contribution in [0.3, 0.4) is 0 Å². The van der Waals surface area contributed by atoms with Gasteiger partial charge < -0.3 is 5.32 Å². The zero-order valence-corrected chi connectivity index (χ0v) is 17.5. The maximum atomic E-state index is 12.9. The van der Waals surface area contributed by atoms with Crippen molar-refractivity contribution in [2.75, 3.05) is 13.1 Å². The van der Waals surface area contributed by atoms with Crippen LogP contribution in [0.2, 0.25) is 0 Å². The first-order chi connectivity index (χ1) is 13.6. The van der Waals surface area contributed by atoms with Crippen LogP contribution in [0, 0.1) is 6.92 Å². The summed E-state index contributed by atoms with van der Waals surface area (Å²) in [4.78, 5) is 15.5. The smallest absolute Gasteiger partial charge is 0.270 e. The van der Waals surface area contributed by atoms with Crippen molar-refractivity contribution in [2.24, 2.45) is 0 Å². The molecular weight excluding hydrogens is 348 g/mol. The van der Waals surface area contributed by atoms with Gasteiger partial charge in [0.25, 0.3) is 5.91 Å². The number of rotatable bonds is 8. The lowest BCUT2D eigenvalue weighted by atomic mass is 9.93. The molecule has 3 rings (SSSR count). The highest BCUT2D eigenvalue weighted by atomic mass is 16.2. The molecule has 1 aliphatic carbocycles. The number of aromatic nitrogens is 2. The summed E-state index contributed by atoms with van der Waals surface area (Å²) in [7, 11) is 0. The molecule has 5 heteroatoms. The Balaban J connectivity index is 1.63. The molecular formula is C23H34N4O. The summed E-state index contributed by atoms with van der Waals surface area (Å²) in [6.45, 7) is 8.05. The molecule has 1 aromatic carbocycles. The number of nitrogens with zero attached hydrogens (tertiary/aromatic N) is 3. The quantitative estimate of drug-likeness (QED) is 0.739. The van der Waals surface area contributed by atoms with Crippen molar-refractivity contribution in [3.63, 3.8) is 0 Å². The summed E-state index contributed by atoms with van der Waals surface area (Å²) < 4.78 is 1.73. The van der Waals surface area contributed by atoms with Crippen molar-refractivity contribution >= 4 is 5.91 Å². The van der Waals surface area contributed by atoms with E-state index in [-0.39, 0.29) is 5.91 Å². The lowest BCUT2D eigenvalue weighted by Crippen LogP contribution is -2.46. The Bertz CT molecular complexity index is 749. The van der Waals surface area contributed by atoms with E-state index in [2.05, 4.69) is 29.2 Å². The van der Waals surface area contributed by atoms with E-state index in [4.69, 9.17) is 0 Å². The van der Waals surface area contributed by atoms with Crippen LogP contribution < -0.4 is 5.32 Å². The van der Waals surface area contributed by atoms with Gasteiger partial charge in [0.05, 0.1) is 11.4 Å². The van der Waals surface area contributed by atoms with E-state index in [1.165, 1.54) is 32.1 Å². The number of benzene rings is 1. The van der Waals surface area contributed by atoms with Gasteiger partial charge in [-0.15, -0.1) is 0 Å². The third-order valence-corrected chi connectivity index (χ3v) is 5.92. The molecule has 0 aliphatic heterocycles. The summed E-state index contributed by atoms with van der Waals surface area (Å²) in [6, 6.07) is 12.9. The van der Waals surface area contributed by atoms with Gasteiger partial charge in [0.1, 0.15) is 5.69 Å². The van der Waals surface area contributed by atoms with Gasteiger partial charge in [-0.1, -0.05) is 44.4 Å². The molecule has 5 nitrogen and oxygen atoms in total. The number of hydrogen-bond donors (Lipinski definition) is 1. The highest BCUT2D eigenvalue weighted by molar-refractivity contribution is 5.93. The van der Waals surface area contributed by atoms with E-state index in [9.17, 15) is 4.79 Å². The van der Waals surface area contributed by atoms with Gasteiger partial charge >= 0.3 is 0 Å². The third-order valence-electron chi connectivity index (χ3n) is 5.92. The van der Waals surface area contributed by atoms with Crippen molar-refractivity contribution in [1.82, 2.24) is 20.0 Å². The second-order valence-electron chi connectivity index (χ2n) is 7.96. The Morgan fingerprint density at radius 2 is 1.96 bits per heavy atom. The molecule has 28 heavy (non-hydrogen) atoms. The number of aryl methyl sites for hydroxylation is 1. The number of para-hydroxylation sites is 1. The summed E-state index contributed by atoms with van der Waals surface area (Å²) in [5, 5.41) is 7.64. The normalized spacial score (nSPS) is 16.3. The predicted molar refractivity (Wildman–Crippen MR) is 114 cm³/mol. The molecule has 1 heterocycles. The fourth-order valence-electron chi connectivity index (χ4n) is 4.23. The molecule has 1 unspecified atom stereocenters. The zero-order valence-electron chi connectivity index (χ0n) is 17.5. The Hall–Kier alpha value is -2.14. The Morgan fingerprint density at radius 1 is 1.25 bits per heavy atom. The van der Waals surface area contributed by atoms with Crippen LogP contribution in [0.15, 0.2) is 36.4 Å².